The monoisotopic (exact) mass is 306 g/mol. The standard InChI is InChI=1S/C16H16F2N2O2/c1-10-8-11(6-7-13(10)17)20-16(22)19-9-15(21)12-4-2-3-5-14(12)18/h2-8,15,21H,9H2,1H3,(H2,19,20,22). The van der Waals surface area contributed by atoms with Gasteiger partial charge in [-0.05, 0) is 36.8 Å². The molecule has 22 heavy (non-hydrogen) atoms. The van der Waals surface area contributed by atoms with Crippen molar-refractivity contribution in [3.8, 4) is 0 Å². The summed E-state index contributed by atoms with van der Waals surface area (Å²) in [5.74, 6) is -0.896. The van der Waals surface area contributed by atoms with Gasteiger partial charge in [-0.25, -0.2) is 13.6 Å². The molecule has 0 heterocycles. The summed E-state index contributed by atoms with van der Waals surface area (Å²) in [7, 11) is 0. The first kappa shape index (κ1) is 15.9. The minimum atomic E-state index is -1.15. The van der Waals surface area contributed by atoms with Gasteiger partial charge in [0.1, 0.15) is 11.6 Å². The van der Waals surface area contributed by atoms with E-state index in [1.54, 1.807) is 13.0 Å². The van der Waals surface area contributed by atoms with Crippen LogP contribution >= 0.6 is 0 Å². The number of carbonyl (C=O) groups is 1. The molecule has 4 nitrogen and oxygen atoms in total. The van der Waals surface area contributed by atoms with Crippen LogP contribution in [0.2, 0.25) is 0 Å². The summed E-state index contributed by atoms with van der Waals surface area (Å²) in [6.07, 6.45) is -1.15. The van der Waals surface area contributed by atoms with Crippen molar-refractivity contribution in [1.82, 2.24) is 5.32 Å². The van der Waals surface area contributed by atoms with E-state index in [0.717, 1.165) is 0 Å². The van der Waals surface area contributed by atoms with Gasteiger partial charge in [0.05, 0.1) is 6.10 Å². The fourth-order valence-electron chi connectivity index (χ4n) is 1.94. The van der Waals surface area contributed by atoms with E-state index in [1.807, 2.05) is 0 Å². The Hall–Kier alpha value is -2.47. The molecule has 0 aliphatic heterocycles. The number of benzene rings is 2. The second-order valence-corrected chi connectivity index (χ2v) is 4.84. The smallest absolute Gasteiger partial charge is 0.319 e. The summed E-state index contributed by atoms with van der Waals surface area (Å²) >= 11 is 0. The van der Waals surface area contributed by atoms with Crippen molar-refractivity contribution >= 4 is 11.7 Å². The summed E-state index contributed by atoms with van der Waals surface area (Å²) in [5.41, 5.74) is 0.946. The highest BCUT2D eigenvalue weighted by Crippen LogP contribution is 2.16. The van der Waals surface area contributed by atoms with Gasteiger partial charge in [-0.15, -0.1) is 0 Å². The predicted octanol–water partition coefficient (Wildman–Crippen LogP) is 3.13. The molecule has 0 bridgehead atoms. The zero-order chi connectivity index (χ0) is 16.1. The minimum absolute atomic E-state index is 0.112. The number of urea groups is 1. The number of halogens is 2. The molecule has 3 N–H and O–H groups in total. The van der Waals surface area contributed by atoms with Crippen molar-refractivity contribution in [3.63, 3.8) is 0 Å². The van der Waals surface area contributed by atoms with E-state index < -0.39 is 18.0 Å². The highest BCUT2D eigenvalue weighted by atomic mass is 19.1. The van der Waals surface area contributed by atoms with Crippen molar-refractivity contribution in [2.45, 2.75) is 13.0 Å². The van der Waals surface area contributed by atoms with Crippen LogP contribution in [0.3, 0.4) is 0 Å². The number of aliphatic hydroxyl groups excluding tert-OH is 1. The molecular weight excluding hydrogens is 290 g/mol. The second kappa shape index (κ2) is 7.00. The van der Waals surface area contributed by atoms with E-state index in [9.17, 15) is 18.7 Å². The van der Waals surface area contributed by atoms with Crippen LogP contribution in [0.5, 0.6) is 0 Å². The van der Waals surface area contributed by atoms with Crippen LogP contribution < -0.4 is 10.6 Å². The van der Waals surface area contributed by atoms with Crippen LogP contribution in [0, 0.1) is 18.6 Å². The van der Waals surface area contributed by atoms with E-state index in [-0.39, 0.29) is 17.9 Å². The molecule has 6 heteroatoms. The quantitative estimate of drug-likeness (QED) is 0.812. The Morgan fingerprint density at radius 2 is 1.91 bits per heavy atom. The number of carbonyl (C=O) groups excluding carboxylic acids is 1. The van der Waals surface area contributed by atoms with Gasteiger partial charge in [0.15, 0.2) is 0 Å². The second-order valence-electron chi connectivity index (χ2n) is 4.84. The Labute approximate surface area is 126 Å². The van der Waals surface area contributed by atoms with Crippen molar-refractivity contribution in [3.05, 3.63) is 65.2 Å². The largest absolute Gasteiger partial charge is 0.386 e. The van der Waals surface area contributed by atoms with Crippen LogP contribution in [0.15, 0.2) is 42.5 Å². The van der Waals surface area contributed by atoms with Gasteiger partial charge in [0.25, 0.3) is 0 Å². The average Bonchev–Trinajstić information content (AvgIpc) is 2.49. The molecule has 0 saturated heterocycles. The lowest BCUT2D eigenvalue weighted by Crippen LogP contribution is -2.32. The zero-order valence-electron chi connectivity index (χ0n) is 11.9. The Balaban J connectivity index is 1.90. The number of amides is 2. The van der Waals surface area contributed by atoms with Gasteiger partial charge in [-0.1, -0.05) is 18.2 Å². The van der Waals surface area contributed by atoms with Crippen LogP contribution in [0.4, 0.5) is 19.3 Å². The first-order valence-corrected chi connectivity index (χ1v) is 6.71. The number of rotatable bonds is 4. The molecule has 2 aromatic rings. The lowest BCUT2D eigenvalue weighted by Gasteiger charge is -2.14. The normalized spacial score (nSPS) is 11.8. The van der Waals surface area contributed by atoms with Crippen molar-refractivity contribution in [1.29, 1.82) is 0 Å². The van der Waals surface area contributed by atoms with Crippen molar-refractivity contribution in [2.24, 2.45) is 0 Å². The molecule has 116 valence electrons. The third kappa shape index (κ3) is 4.02. The Morgan fingerprint density at radius 3 is 2.59 bits per heavy atom. The van der Waals surface area contributed by atoms with E-state index in [1.165, 1.54) is 36.4 Å². The summed E-state index contributed by atoms with van der Waals surface area (Å²) in [6.45, 7) is 1.44. The number of hydrogen-bond acceptors (Lipinski definition) is 2. The first-order chi connectivity index (χ1) is 10.5. The summed E-state index contributed by atoms with van der Waals surface area (Å²) in [4.78, 5) is 11.7. The Kier molecular flexibility index (Phi) is 5.06. The maximum atomic E-state index is 13.5. The molecule has 0 aromatic heterocycles. The predicted molar refractivity (Wildman–Crippen MR) is 79.5 cm³/mol. The molecular formula is C16H16F2N2O2. The highest BCUT2D eigenvalue weighted by Gasteiger charge is 2.13. The third-order valence-corrected chi connectivity index (χ3v) is 3.14. The fourth-order valence-corrected chi connectivity index (χ4v) is 1.94. The van der Waals surface area contributed by atoms with E-state index in [2.05, 4.69) is 10.6 Å². The molecule has 0 aliphatic rings. The molecule has 0 aliphatic carbocycles. The topological polar surface area (TPSA) is 61.4 Å². The lowest BCUT2D eigenvalue weighted by atomic mass is 10.1. The van der Waals surface area contributed by atoms with Crippen molar-refractivity contribution in [2.75, 3.05) is 11.9 Å². The van der Waals surface area contributed by atoms with Crippen LogP contribution in [0.25, 0.3) is 0 Å². The minimum Gasteiger partial charge on any atom is -0.386 e. The number of aryl methyl sites for hydroxylation is 1. The molecule has 0 saturated carbocycles. The van der Waals surface area contributed by atoms with Crippen LogP contribution in [-0.4, -0.2) is 17.7 Å². The maximum Gasteiger partial charge on any atom is 0.319 e. The average molecular weight is 306 g/mol. The van der Waals surface area contributed by atoms with Gasteiger partial charge in [-0.3, -0.25) is 0 Å². The molecule has 1 unspecified atom stereocenters. The first-order valence-electron chi connectivity index (χ1n) is 6.71. The highest BCUT2D eigenvalue weighted by molar-refractivity contribution is 5.89. The Bertz CT molecular complexity index is 677. The number of hydrogen-bond donors (Lipinski definition) is 3. The maximum absolute atomic E-state index is 13.5. The van der Waals surface area contributed by atoms with Crippen molar-refractivity contribution < 1.29 is 18.7 Å². The van der Waals surface area contributed by atoms with Crippen LogP contribution in [0.1, 0.15) is 17.2 Å². The number of nitrogens with one attached hydrogen (secondary N) is 2. The molecule has 2 amide bonds. The fraction of sp³-hybridized carbons (Fsp3) is 0.188. The summed E-state index contributed by atoms with van der Waals surface area (Å²) in [5, 5.41) is 14.8. The van der Waals surface area contributed by atoms with E-state index in [0.29, 0.717) is 11.3 Å². The molecule has 1 atom stereocenters. The number of aliphatic hydroxyl groups is 1. The van der Waals surface area contributed by atoms with Gasteiger partial charge >= 0.3 is 6.03 Å². The Morgan fingerprint density at radius 1 is 1.18 bits per heavy atom. The van der Waals surface area contributed by atoms with Gasteiger partial charge < -0.3 is 15.7 Å². The molecule has 0 spiro atoms. The van der Waals surface area contributed by atoms with Crippen LogP contribution in [-0.2, 0) is 0 Å². The molecule has 0 radical (unpaired) electrons. The lowest BCUT2D eigenvalue weighted by molar-refractivity contribution is 0.170. The van der Waals surface area contributed by atoms with Gasteiger partial charge in [0.2, 0.25) is 0 Å². The zero-order valence-corrected chi connectivity index (χ0v) is 11.9. The molecule has 2 rings (SSSR count). The molecule has 0 fully saturated rings. The summed E-state index contributed by atoms with van der Waals surface area (Å²) < 4.78 is 26.6. The van der Waals surface area contributed by atoms with Gasteiger partial charge in [-0.2, -0.15) is 0 Å². The van der Waals surface area contributed by atoms with E-state index >= 15 is 0 Å². The van der Waals surface area contributed by atoms with E-state index in [4.69, 9.17) is 0 Å². The molecule has 2 aromatic carbocycles. The van der Waals surface area contributed by atoms with Gasteiger partial charge in [0, 0.05) is 17.8 Å². The number of anilines is 1. The SMILES string of the molecule is Cc1cc(NC(=O)NCC(O)c2ccccc2F)ccc1F. The third-order valence-electron chi connectivity index (χ3n) is 3.14. The summed E-state index contributed by atoms with van der Waals surface area (Å²) in [6, 6.07) is 9.40.